The molecular weight excluding hydrogens is 452 g/mol. The molecule has 0 fully saturated rings. The van der Waals surface area contributed by atoms with E-state index in [1.54, 1.807) is 36.4 Å². The highest BCUT2D eigenvalue weighted by Crippen LogP contribution is 2.35. The number of rotatable bonds is 7. The summed E-state index contributed by atoms with van der Waals surface area (Å²) >= 11 is 4.62. The van der Waals surface area contributed by atoms with Crippen molar-refractivity contribution in [3.05, 3.63) is 69.1 Å². The summed E-state index contributed by atoms with van der Waals surface area (Å²) in [5.74, 6) is 0.0731. The Morgan fingerprint density at radius 3 is 2.43 bits per heavy atom. The highest BCUT2D eigenvalue weighted by atomic mass is 79.9. The number of aldehydes is 1. The van der Waals surface area contributed by atoms with Crippen LogP contribution in [0, 0.1) is 11.3 Å². The number of ether oxygens (including phenoxy) is 1. The molecular formula is C19H12BrF2N3O2S. The normalized spacial score (nSPS) is 10.5. The third kappa shape index (κ3) is 4.71. The number of aromatic nitrogens is 1. The van der Waals surface area contributed by atoms with Gasteiger partial charge in [-0.3, -0.25) is 4.79 Å². The van der Waals surface area contributed by atoms with Gasteiger partial charge in [-0.25, -0.2) is 4.98 Å². The van der Waals surface area contributed by atoms with Gasteiger partial charge in [0.1, 0.15) is 15.2 Å². The number of alkyl halides is 2. The molecule has 28 heavy (non-hydrogen) atoms. The van der Waals surface area contributed by atoms with E-state index < -0.39 is 6.61 Å². The van der Waals surface area contributed by atoms with E-state index in [-0.39, 0.29) is 5.75 Å². The van der Waals surface area contributed by atoms with Crippen molar-refractivity contribution in [1.82, 2.24) is 4.98 Å². The monoisotopic (exact) mass is 463 g/mol. The molecule has 0 spiro atoms. The summed E-state index contributed by atoms with van der Waals surface area (Å²) in [5, 5.41) is 9.57. The number of nitriles is 1. The van der Waals surface area contributed by atoms with E-state index in [0.29, 0.717) is 33.0 Å². The topological polar surface area (TPSA) is 66.2 Å². The average molecular weight is 464 g/mol. The fraction of sp³-hybridized carbons (Fsp3) is 0.105. The summed E-state index contributed by atoms with van der Waals surface area (Å²) in [6.07, 6.45) is 0.664. The van der Waals surface area contributed by atoms with Crippen LogP contribution in [0.1, 0.15) is 21.6 Å². The lowest BCUT2D eigenvalue weighted by Gasteiger charge is -2.22. The average Bonchev–Trinajstić information content (AvgIpc) is 3.07. The van der Waals surface area contributed by atoms with Crippen LogP contribution in [-0.2, 0) is 6.54 Å². The van der Waals surface area contributed by atoms with Crippen LogP contribution < -0.4 is 9.64 Å². The Morgan fingerprint density at radius 2 is 1.89 bits per heavy atom. The fourth-order valence-electron chi connectivity index (χ4n) is 2.43. The van der Waals surface area contributed by atoms with E-state index in [2.05, 4.69) is 31.7 Å². The van der Waals surface area contributed by atoms with Gasteiger partial charge in [-0.1, -0.05) is 23.5 Å². The zero-order valence-corrected chi connectivity index (χ0v) is 16.6. The van der Waals surface area contributed by atoms with Crippen molar-refractivity contribution in [3.63, 3.8) is 0 Å². The predicted molar refractivity (Wildman–Crippen MR) is 105 cm³/mol. The molecule has 0 saturated carbocycles. The standard InChI is InChI=1S/C19H12BrF2N3O2S/c20-17-16(11-26)24-19(28-17)25(14-5-1-12(9-23)2-6-14)10-13-3-7-15(8-4-13)27-18(21)22/h1-8,11,18H,10H2. The Balaban J connectivity index is 1.93. The van der Waals surface area contributed by atoms with E-state index in [1.165, 1.54) is 23.5 Å². The maximum Gasteiger partial charge on any atom is 0.387 e. The van der Waals surface area contributed by atoms with E-state index in [4.69, 9.17) is 5.26 Å². The van der Waals surface area contributed by atoms with Gasteiger partial charge in [-0.15, -0.1) is 0 Å². The van der Waals surface area contributed by atoms with Crippen molar-refractivity contribution in [2.24, 2.45) is 0 Å². The van der Waals surface area contributed by atoms with Crippen LogP contribution in [0.2, 0.25) is 0 Å². The molecule has 0 radical (unpaired) electrons. The molecule has 0 aliphatic heterocycles. The van der Waals surface area contributed by atoms with Crippen LogP contribution in [0.5, 0.6) is 5.75 Å². The predicted octanol–water partition coefficient (Wildman–Crippen LogP) is 5.53. The first kappa shape index (κ1) is 19.9. The highest BCUT2D eigenvalue weighted by Gasteiger charge is 2.17. The van der Waals surface area contributed by atoms with Crippen molar-refractivity contribution in [2.45, 2.75) is 13.2 Å². The molecule has 3 aromatic rings. The van der Waals surface area contributed by atoms with Crippen LogP contribution in [0.3, 0.4) is 0 Å². The Morgan fingerprint density at radius 1 is 1.21 bits per heavy atom. The van der Waals surface area contributed by atoms with Crippen molar-refractivity contribution in [1.29, 1.82) is 5.26 Å². The fourth-order valence-corrected chi connectivity index (χ4v) is 3.83. The molecule has 142 valence electrons. The molecule has 1 aromatic heterocycles. The molecule has 0 unspecified atom stereocenters. The molecule has 0 aliphatic carbocycles. The van der Waals surface area contributed by atoms with Crippen LogP contribution in [-0.4, -0.2) is 17.9 Å². The van der Waals surface area contributed by atoms with Gasteiger partial charge in [0, 0.05) is 5.69 Å². The van der Waals surface area contributed by atoms with Gasteiger partial charge in [0.25, 0.3) is 0 Å². The van der Waals surface area contributed by atoms with Crippen molar-refractivity contribution >= 4 is 44.4 Å². The molecule has 1 heterocycles. The van der Waals surface area contributed by atoms with Crippen LogP contribution in [0.25, 0.3) is 0 Å². The SMILES string of the molecule is N#Cc1ccc(N(Cc2ccc(OC(F)F)cc2)c2nc(C=O)c(Br)s2)cc1. The summed E-state index contributed by atoms with van der Waals surface area (Å²) in [6, 6.07) is 15.3. The molecule has 2 aromatic carbocycles. The molecule has 0 N–H and O–H groups in total. The molecule has 3 rings (SSSR count). The zero-order chi connectivity index (χ0) is 20.1. The van der Waals surface area contributed by atoms with E-state index in [0.717, 1.165) is 11.3 Å². The van der Waals surface area contributed by atoms with Crippen LogP contribution >= 0.6 is 27.3 Å². The summed E-state index contributed by atoms with van der Waals surface area (Å²) in [4.78, 5) is 17.4. The summed E-state index contributed by atoms with van der Waals surface area (Å²) in [6.45, 7) is -2.51. The number of hydrogen-bond acceptors (Lipinski definition) is 6. The van der Waals surface area contributed by atoms with Gasteiger partial charge in [0.05, 0.1) is 18.2 Å². The van der Waals surface area contributed by atoms with E-state index in [9.17, 15) is 13.6 Å². The first-order chi connectivity index (χ1) is 13.5. The number of carbonyl (C=O) groups is 1. The second-order valence-electron chi connectivity index (χ2n) is 5.54. The van der Waals surface area contributed by atoms with Crippen molar-refractivity contribution in [3.8, 4) is 11.8 Å². The third-order valence-electron chi connectivity index (χ3n) is 3.74. The Labute approximate surface area is 171 Å². The van der Waals surface area contributed by atoms with Gasteiger partial charge in [0.15, 0.2) is 11.4 Å². The smallest absolute Gasteiger partial charge is 0.387 e. The molecule has 0 saturated heterocycles. The second kappa shape index (κ2) is 8.91. The maximum atomic E-state index is 12.3. The molecule has 9 heteroatoms. The lowest BCUT2D eigenvalue weighted by Crippen LogP contribution is -2.16. The Bertz CT molecular complexity index is 1000. The number of thiazole rings is 1. The number of benzene rings is 2. The maximum absolute atomic E-state index is 12.3. The Kier molecular flexibility index (Phi) is 6.34. The largest absolute Gasteiger partial charge is 0.435 e. The van der Waals surface area contributed by atoms with Gasteiger partial charge < -0.3 is 9.64 Å². The van der Waals surface area contributed by atoms with Gasteiger partial charge >= 0.3 is 6.61 Å². The van der Waals surface area contributed by atoms with Gasteiger partial charge in [-0.05, 0) is 57.9 Å². The molecule has 0 amide bonds. The van der Waals surface area contributed by atoms with Crippen molar-refractivity contribution < 1.29 is 18.3 Å². The zero-order valence-electron chi connectivity index (χ0n) is 14.2. The minimum atomic E-state index is -2.88. The van der Waals surface area contributed by atoms with E-state index >= 15 is 0 Å². The van der Waals surface area contributed by atoms with Gasteiger partial charge in [0.2, 0.25) is 0 Å². The van der Waals surface area contributed by atoms with E-state index in [1.807, 2.05) is 4.90 Å². The number of anilines is 2. The lowest BCUT2D eigenvalue weighted by atomic mass is 10.1. The third-order valence-corrected chi connectivity index (χ3v) is 5.51. The van der Waals surface area contributed by atoms with Crippen molar-refractivity contribution in [2.75, 3.05) is 4.90 Å². The minimum Gasteiger partial charge on any atom is -0.435 e. The molecule has 0 aliphatic rings. The second-order valence-corrected chi connectivity index (χ2v) is 7.84. The highest BCUT2D eigenvalue weighted by molar-refractivity contribution is 9.11. The number of nitrogens with zero attached hydrogens (tertiary/aromatic N) is 3. The molecule has 5 nitrogen and oxygen atoms in total. The van der Waals surface area contributed by atoms with Crippen LogP contribution in [0.15, 0.2) is 52.3 Å². The number of hydrogen-bond donors (Lipinski definition) is 0. The lowest BCUT2D eigenvalue weighted by molar-refractivity contribution is -0.0498. The number of carbonyl (C=O) groups excluding carboxylic acids is 1. The quantitative estimate of drug-likeness (QED) is 0.431. The minimum absolute atomic E-state index is 0.0731. The molecule has 0 atom stereocenters. The summed E-state index contributed by atoms with van der Waals surface area (Å²) in [7, 11) is 0. The summed E-state index contributed by atoms with van der Waals surface area (Å²) < 4.78 is 29.6. The molecule has 0 bridgehead atoms. The summed E-state index contributed by atoms with van der Waals surface area (Å²) in [5.41, 5.74) is 2.40. The van der Waals surface area contributed by atoms with Gasteiger partial charge in [-0.2, -0.15) is 14.0 Å². The first-order valence-electron chi connectivity index (χ1n) is 7.93. The number of halogens is 3. The first-order valence-corrected chi connectivity index (χ1v) is 9.54. The van der Waals surface area contributed by atoms with Crippen LogP contribution in [0.4, 0.5) is 19.6 Å². The Hall–Kier alpha value is -2.83.